The Kier molecular flexibility index (Phi) is 5.22. The first-order valence-electron chi connectivity index (χ1n) is 9.20. The van der Waals surface area contributed by atoms with Crippen molar-refractivity contribution in [3.8, 4) is 5.13 Å². The number of aryl methyl sites for hydroxylation is 2. The van der Waals surface area contributed by atoms with E-state index in [0.29, 0.717) is 23.9 Å². The monoisotopic (exact) mass is 408 g/mol. The molecule has 0 atom stereocenters. The summed E-state index contributed by atoms with van der Waals surface area (Å²) in [6.07, 6.45) is 2.01. The van der Waals surface area contributed by atoms with Crippen LogP contribution in [0.4, 0.5) is 0 Å². The second kappa shape index (κ2) is 7.96. The summed E-state index contributed by atoms with van der Waals surface area (Å²) in [6, 6.07) is 9.09. The van der Waals surface area contributed by atoms with E-state index >= 15 is 0 Å². The summed E-state index contributed by atoms with van der Waals surface area (Å²) in [5.74, 6) is -0.238. The Bertz CT molecular complexity index is 1240. The molecule has 0 fully saturated rings. The minimum Gasteiger partial charge on any atom is -0.354 e. The van der Waals surface area contributed by atoms with Gasteiger partial charge in [0.05, 0.1) is 28.6 Å². The molecule has 1 amide bonds. The van der Waals surface area contributed by atoms with Gasteiger partial charge in [-0.25, -0.2) is 14.6 Å². The lowest BCUT2D eigenvalue weighted by Crippen LogP contribution is -2.33. The molecule has 9 heteroatoms. The number of hydrogen-bond donors (Lipinski definition) is 1. The second-order valence-electron chi connectivity index (χ2n) is 6.76. The van der Waals surface area contributed by atoms with Gasteiger partial charge in [-0.2, -0.15) is 5.10 Å². The van der Waals surface area contributed by atoms with Crippen molar-refractivity contribution in [2.24, 2.45) is 0 Å². The zero-order valence-electron chi connectivity index (χ0n) is 16.1. The predicted molar refractivity (Wildman–Crippen MR) is 111 cm³/mol. The first-order chi connectivity index (χ1) is 14.0. The summed E-state index contributed by atoms with van der Waals surface area (Å²) in [6.45, 7) is 4.31. The average Bonchev–Trinajstić information content (AvgIpc) is 3.30. The smallest absolute Gasteiger partial charge is 0.261 e. The lowest BCUT2D eigenvalue weighted by molar-refractivity contribution is -0.121. The van der Waals surface area contributed by atoms with E-state index in [4.69, 9.17) is 0 Å². The number of nitrogens with one attached hydrogen (secondary N) is 1. The number of carbonyl (C=O) groups excluding carboxylic acids is 1. The zero-order valence-corrected chi connectivity index (χ0v) is 16.9. The fraction of sp³-hybridized carbons (Fsp3) is 0.250. The fourth-order valence-electron chi connectivity index (χ4n) is 3.09. The van der Waals surface area contributed by atoms with Crippen LogP contribution < -0.4 is 10.9 Å². The predicted octanol–water partition coefficient (Wildman–Crippen LogP) is 2.01. The van der Waals surface area contributed by atoms with Crippen LogP contribution in [0.3, 0.4) is 0 Å². The Morgan fingerprint density at radius 3 is 2.86 bits per heavy atom. The van der Waals surface area contributed by atoms with Gasteiger partial charge >= 0.3 is 0 Å². The summed E-state index contributed by atoms with van der Waals surface area (Å²) in [7, 11) is 0. The van der Waals surface area contributed by atoms with E-state index in [-0.39, 0.29) is 18.0 Å². The Morgan fingerprint density at radius 1 is 1.24 bits per heavy atom. The number of thiazole rings is 1. The van der Waals surface area contributed by atoms with Crippen molar-refractivity contribution < 1.29 is 4.79 Å². The molecule has 0 saturated heterocycles. The third kappa shape index (κ3) is 4.09. The van der Waals surface area contributed by atoms with Gasteiger partial charge in [0.15, 0.2) is 0 Å². The Labute approximate surface area is 170 Å². The van der Waals surface area contributed by atoms with Gasteiger partial charge in [-0.05, 0) is 32.0 Å². The third-order valence-electron chi connectivity index (χ3n) is 4.48. The quantitative estimate of drug-likeness (QED) is 0.527. The van der Waals surface area contributed by atoms with Crippen LogP contribution in [0.15, 0.2) is 46.8 Å². The first-order valence-corrected chi connectivity index (χ1v) is 10.1. The van der Waals surface area contributed by atoms with E-state index in [1.165, 1.54) is 22.2 Å². The molecule has 8 nitrogen and oxygen atoms in total. The molecule has 0 aliphatic carbocycles. The van der Waals surface area contributed by atoms with Gasteiger partial charge < -0.3 is 5.32 Å². The molecule has 148 valence electrons. The molecule has 29 heavy (non-hydrogen) atoms. The highest BCUT2D eigenvalue weighted by Gasteiger charge is 2.10. The van der Waals surface area contributed by atoms with Crippen LogP contribution in [-0.4, -0.2) is 36.8 Å². The third-order valence-corrected chi connectivity index (χ3v) is 5.34. The summed E-state index contributed by atoms with van der Waals surface area (Å²) in [5, 5.41) is 10.6. The van der Waals surface area contributed by atoms with Crippen LogP contribution >= 0.6 is 11.3 Å². The highest BCUT2D eigenvalue weighted by Crippen LogP contribution is 2.17. The van der Waals surface area contributed by atoms with E-state index in [2.05, 4.69) is 20.4 Å². The molecule has 3 aromatic heterocycles. The van der Waals surface area contributed by atoms with Gasteiger partial charge in [0.1, 0.15) is 6.54 Å². The minimum absolute atomic E-state index is 0.0647. The van der Waals surface area contributed by atoms with Crippen molar-refractivity contribution in [3.05, 3.63) is 69.5 Å². The summed E-state index contributed by atoms with van der Waals surface area (Å²) < 4.78 is 3.14. The molecular formula is C20H20N6O2S. The number of amides is 1. The van der Waals surface area contributed by atoms with Crippen LogP contribution in [-0.2, 0) is 17.8 Å². The molecule has 4 rings (SSSR count). The largest absolute Gasteiger partial charge is 0.354 e. The van der Waals surface area contributed by atoms with Gasteiger partial charge in [-0.3, -0.25) is 14.2 Å². The van der Waals surface area contributed by atoms with Crippen molar-refractivity contribution in [2.45, 2.75) is 26.8 Å². The molecule has 0 aliphatic rings. The number of hydrogen-bond acceptors (Lipinski definition) is 6. The van der Waals surface area contributed by atoms with Gasteiger partial charge in [0.25, 0.3) is 5.56 Å². The summed E-state index contributed by atoms with van der Waals surface area (Å²) in [5.41, 5.74) is 3.27. The van der Waals surface area contributed by atoms with Gasteiger partial charge in [-0.1, -0.05) is 12.1 Å². The second-order valence-corrected chi connectivity index (χ2v) is 7.59. The molecule has 4 aromatic rings. The number of fused-ring (bicyclic) bond motifs is 1. The SMILES string of the molecule is Cc1cc(C)n(-c2nc(CCNC(=O)Cn3cnc4ccccc4c3=O)cs2)n1. The number of nitrogens with zero attached hydrogens (tertiary/aromatic N) is 5. The molecule has 0 unspecified atom stereocenters. The van der Waals surface area contributed by atoms with Crippen molar-refractivity contribution in [2.75, 3.05) is 6.54 Å². The molecular weight excluding hydrogens is 388 g/mol. The summed E-state index contributed by atoms with van der Waals surface area (Å²) >= 11 is 1.52. The van der Waals surface area contributed by atoms with E-state index in [9.17, 15) is 9.59 Å². The number of carbonyl (C=O) groups is 1. The minimum atomic E-state index is -0.238. The van der Waals surface area contributed by atoms with Crippen molar-refractivity contribution in [1.82, 2.24) is 29.6 Å². The van der Waals surface area contributed by atoms with Gasteiger partial charge in [0.2, 0.25) is 11.0 Å². The van der Waals surface area contributed by atoms with Crippen LogP contribution in [0.5, 0.6) is 0 Å². The molecule has 3 heterocycles. The van der Waals surface area contributed by atoms with E-state index in [1.807, 2.05) is 36.0 Å². The number of rotatable bonds is 6. The first kappa shape index (κ1) is 19.0. The van der Waals surface area contributed by atoms with E-state index in [1.54, 1.807) is 18.2 Å². The molecule has 0 aliphatic heterocycles. The fourth-order valence-corrected chi connectivity index (χ4v) is 3.96. The normalized spacial score (nSPS) is 11.1. The highest BCUT2D eigenvalue weighted by molar-refractivity contribution is 7.12. The maximum absolute atomic E-state index is 12.5. The topological polar surface area (TPSA) is 94.7 Å². The lowest BCUT2D eigenvalue weighted by atomic mass is 10.2. The van der Waals surface area contributed by atoms with E-state index < -0.39 is 0 Å². The van der Waals surface area contributed by atoms with Crippen LogP contribution in [0.2, 0.25) is 0 Å². The molecule has 1 aromatic carbocycles. The number of aromatic nitrogens is 5. The van der Waals surface area contributed by atoms with Crippen LogP contribution in [0.25, 0.3) is 16.0 Å². The maximum atomic E-state index is 12.5. The lowest BCUT2D eigenvalue weighted by Gasteiger charge is -2.07. The van der Waals surface area contributed by atoms with Crippen LogP contribution in [0, 0.1) is 13.8 Å². The Morgan fingerprint density at radius 2 is 2.07 bits per heavy atom. The molecule has 0 radical (unpaired) electrons. The van der Waals surface area contributed by atoms with Crippen molar-refractivity contribution >= 4 is 28.1 Å². The zero-order chi connectivity index (χ0) is 20.4. The number of para-hydroxylation sites is 1. The highest BCUT2D eigenvalue weighted by atomic mass is 32.1. The van der Waals surface area contributed by atoms with Gasteiger partial charge in [-0.15, -0.1) is 11.3 Å². The average molecular weight is 408 g/mol. The standard InChI is InChI=1S/C20H20N6O2S/c1-13-9-14(2)26(24-13)20-23-15(11-29-20)7-8-21-18(27)10-25-12-22-17-6-4-3-5-16(17)19(25)28/h3-6,9,11-12H,7-8,10H2,1-2H3,(H,21,27). The maximum Gasteiger partial charge on any atom is 0.261 e. The van der Waals surface area contributed by atoms with Crippen molar-refractivity contribution in [3.63, 3.8) is 0 Å². The van der Waals surface area contributed by atoms with Gasteiger partial charge in [0, 0.05) is 24.0 Å². The molecule has 0 saturated carbocycles. The van der Waals surface area contributed by atoms with Crippen LogP contribution in [0.1, 0.15) is 17.1 Å². The van der Waals surface area contributed by atoms with Crippen molar-refractivity contribution in [1.29, 1.82) is 0 Å². The van der Waals surface area contributed by atoms with E-state index in [0.717, 1.165) is 22.2 Å². The summed E-state index contributed by atoms with van der Waals surface area (Å²) in [4.78, 5) is 33.5. The Balaban J connectivity index is 1.35. The molecule has 0 spiro atoms. The molecule has 1 N–H and O–H groups in total. The Hall–Kier alpha value is -3.33. The number of benzene rings is 1. The molecule has 0 bridgehead atoms.